The van der Waals surface area contributed by atoms with Crippen LogP contribution in [0.4, 0.5) is 0 Å². The van der Waals surface area contributed by atoms with Crippen molar-refractivity contribution in [1.29, 1.82) is 0 Å². The van der Waals surface area contributed by atoms with Gasteiger partial charge >= 0.3 is 37.2 Å². The van der Waals surface area contributed by atoms with Gasteiger partial charge in [-0.15, -0.1) is 0 Å². The van der Waals surface area contributed by atoms with Gasteiger partial charge in [0.1, 0.15) is 11.4 Å². The summed E-state index contributed by atoms with van der Waals surface area (Å²) in [4.78, 5) is 24.0. The fourth-order valence-corrected chi connectivity index (χ4v) is 0.673. The van der Waals surface area contributed by atoms with Gasteiger partial charge in [-0.2, -0.15) is 0 Å². The Morgan fingerprint density at radius 1 is 1.11 bits per heavy atom. The van der Waals surface area contributed by atoms with E-state index in [1.807, 2.05) is 0 Å². The Morgan fingerprint density at radius 3 is 1.58 bits per heavy atom. The normalized spacial score (nSPS) is 8.37. The molecule has 2 N–H and O–H groups in total. The van der Waals surface area contributed by atoms with E-state index in [0.717, 1.165) is 0 Å². The van der Waals surface area contributed by atoms with Crippen LogP contribution in [0.1, 0.15) is 21.0 Å². The molecular weight excluding hydrogens is 362 g/mol. The Kier molecular flexibility index (Phi) is 12.1. The van der Waals surface area contributed by atoms with Crippen molar-refractivity contribution in [1.82, 2.24) is 4.98 Å². The number of rotatable bonds is 2. The van der Waals surface area contributed by atoms with Gasteiger partial charge in [0.2, 0.25) is 0 Å². The predicted octanol–water partition coefficient (Wildman–Crippen LogP) is 0.233. The summed E-state index contributed by atoms with van der Waals surface area (Å²) in [6.07, 6.45) is 3.28. The van der Waals surface area contributed by atoms with E-state index < -0.39 is 41.2 Å². The van der Waals surface area contributed by atoms with Crippen molar-refractivity contribution in [3.63, 3.8) is 0 Å². The second-order valence-electron chi connectivity index (χ2n) is 2.83. The van der Waals surface area contributed by atoms with Crippen LogP contribution >= 0.6 is 0 Å². The number of aromatic nitrogens is 1. The van der Waals surface area contributed by atoms with Gasteiger partial charge in [0.25, 0.3) is 0 Å². The quantitative estimate of drug-likeness (QED) is 0.703. The summed E-state index contributed by atoms with van der Waals surface area (Å²) in [6.45, 7) is 0. The SMILES string of the molecule is CS(C)=O.O=C(O)c1cccc(C(=O)O)n1.[O]=[Mo]=[O]. The van der Waals surface area contributed by atoms with Gasteiger partial charge < -0.3 is 10.2 Å². The van der Waals surface area contributed by atoms with E-state index in [2.05, 4.69) is 4.98 Å². The molecular formula is C9H11MoNO7S. The molecule has 1 heterocycles. The topological polar surface area (TPSA) is 139 Å². The van der Waals surface area contributed by atoms with E-state index in [-0.39, 0.29) is 11.4 Å². The first-order valence-electron chi connectivity index (χ1n) is 4.36. The van der Waals surface area contributed by atoms with E-state index in [1.165, 1.54) is 18.2 Å². The van der Waals surface area contributed by atoms with Gasteiger partial charge in [0.05, 0.1) is 0 Å². The maximum atomic E-state index is 10.3. The van der Waals surface area contributed by atoms with Gasteiger partial charge in [0.15, 0.2) is 0 Å². The molecule has 0 unspecified atom stereocenters. The van der Waals surface area contributed by atoms with Crippen LogP contribution in [-0.2, 0) is 36.1 Å². The fourth-order valence-electron chi connectivity index (χ4n) is 0.673. The van der Waals surface area contributed by atoms with Crippen molar-refractivity contribution in [2.75, 3.05) is 12.5 Å². The summed E-state index contributed by atoms with van der Waals surface area (Å²) in [5.41, 5.74) is -0.537. The Hall–Kier alpha value is -1.47. The second-order valence-corrected chi connectivity index (χ2v) is 4.65. The number of carboxylic acid groups (broad SMARTS) is 2. The number of hydrogen-bond donors (Lipinski definition) is 2. The third-order valence-electron chi connectivity index (χ3n) is 1.19. The first-order chi connectivity index (χ1) is 8.76. The minimum absolute atomic E-state index is 0.269. The molecule has 0 aliphatic heterocycles. The zero-order valence-corrected chi connectivity index (χ0v) is 12.8. The summed E-state index contributed by atoms with van der Waals surface area (Å²) in [5.74, 6) is -2.48. The van der Waals surface area contributed by atoms with E-state index in [0.29, 0.717) is 0 Å². The Balaban J connectivity index is 0. The number of hydrogen-bond acceptors (Lipinski definition) is 6. The molecule has 106 valence electrons. The molecule has 1 aromatic rings. The number of carboxylic acids is 2. The van der Waals surface area contributed by atoms with Crippen molar-refractivity contribution >= 4 is 22.7 Å². The summed E-state index contributed by atoms with van der Waals surface area (Å²) in [5, 5.41) is 16.9. The van der Waals surface area contributed by atoms with Crippen LogP contribution in [0.15, 0.2) is 18.2 Å². The van der Waals surface area contributed by atoms with Crippen LogP contribution in [0, 0.1) is 0 Å². The molecule has 0 aromatic carbocycles. The first kappa shape index (κ1) is 19.9. The Labute approximate surface area is 119 Å². The van der Waals surface area contributed by atoms with Crippen LogP contribution in [0.5, 0.6) is 0 Å². The standard InChI is InChI=1S/C7H5NO4.C2H6OS.Mo.2O/c9-6(10)4-2-1-3-5(8-4)7(11)12;1-4(2)3;;;/h1-3H,(H,9,10)(H,11,12);1-2H3;;;. The molecule has 0 amide bonds. The average molecular weight is 373 g/mol. The fraction of sp³-hybridized carbons (Fsp3) is 0.222. The Bertz CT molecular complexity index is 466. The molecule has 1 aromatic heterocycles. The Morgan fingerprint density at radius 2 is 1.37 bits per heavy atom. The predicted molar refractivity (Wildman–Crippen MR) is 59.5 cm³/mol. The molecule has 0 aliphatic rings. The maximum absolute atomic E-state index is 10.3. The van der Waals surface area contributed by atoms with E-state index in [9.17, 15) is 13.8 Å². The molecule has 0 fully saturated rings. The van der Waals surface area contributed by atoms with E-state index in [1.54, 1.807) is 12.5 Å². The summed E-state index contributed by atoms with van der Waals surface area (Å²) in [6, 6.07) is 3.80. The first-order valence-corrected chi connectivity index (χ1v) is 7.97. The number of pyridine rings is 1. The van der Waals surface area contributed by atoms with Crippen molar-refractivity contribution in [2.24, 2.45) is 0 Å². The van der Waals surface area contributed by atoms with Gasteiger partial charge in [-0.05, 0) is 12.1 Å². The van der Waals surface area contributed by atoms with Crippen molar-refractivity contribution in [3.05, 3.63) is 29.6 Å². The molecule has 0 aliphatic carbocycles. The van der Waals surface area contributed by atoms with Crippen LogP contribution in [0.25, 0.3) is 0 Å². The summed E-state index contributed by atoms with van der Waals surface area (Å²) in [7, 11) is -0.611. The van der Waals surface area contributed by atoms with Crippen LogP contribution in [0.3, 0.4) is 0 Å². The third kappa shape index (κ3) is 12.8. The molecule has 10 heteroatoms. The molecule has 0 radical (unpaired) electrons. The molecule has 8 nitrogen and oxygen atoms in total. The van der Waals surface area contributed by atoms with Crippen molar-refractivity contribution < 1.29 is 49.3 Å². The van der Waals surface area contributed by atoms with Crippen molar-refractivity contribution in [2.45, 2.75) is 0 Å². The molecule has 0 bridgehead atoms. The molecule has 0 saturated carbocycles. The number of nitrogens with zero attached hydrogens (tertiary/aromatic N) is 1. The molecule has 19 heavy (non-hydrogen) atoms. The zero-order chi connectivity index (χ0) is 15.4. The molecule has 0 atom stereocenters. The van der Waals surface area contributed by atoms with Crippen LogP contribution in [0.2, 0.25) is 0 Å². The molecule has 1 rings (SSSR count). The van der Waals surface area contributed by atoms with Crippen LogP contribution < -0.4 is 0 Å². The van der Waals surface area contributed by atoms with Gasteiger partial charge in [0, 0.05) is 23.3 Å². The molecule has 0 spiro atoms. The zero-order valence-electron chi connectivity index (χ0n) is 9.93. The molecule has 0 saturated heterocycles. The number of carbonyl (C=O) groups is 2. The number of aromatic carboxylic acids is 2. The second kappa shape index (κ2) is 11.6. The van der Waals surface area contributed by atoms with Gasteiger partial charge in [-0.1, -0.05) is 6.07 Å². The summed E-state index contributed by atoms with van der Waals surface area (Å²) >= 11 is -2.03. The van der Waals surface area contributed by atoms with E-state index >= 15 is 0 Å². The van der Waals surface area contributed by atoms with Crippen molar-refractivity contribution in [3.8, 4) is 0 Å². The van der Waals surface area contributed by atoms with Crippen LogP contribution in [-0.4, -0.2) is 43.9 Å². The van der Waals surface area contributed by atoms with E-state index in [4.69, 9.17) is 17.0 Å². The van der Waals surface area contributed by atoms with Gasteiger partial charge in [-0.3, -0.25) is 4.21 Å². The minimum atomic E-state index is -2.03. The third-order valence-corrected chi connectivity index (χ3v) is 1.19. The monoisotopic (exact) mass is 375 g/mol. The summed E-state index contributed by atoms with van der Waals surface area (Å²) < 4.78 is 26.6. The van der Waals surface area contributed by atoms with Gasteiger partial charge in [-0.25, -0.2) is 14.6 Å². The average Bonchev–Trinajstić information content (AvgIpc) is 2.29.